The van der Waals surface area contributed by atoms with Crippen molar-refractivity contribution in [1.29, 1.82) is 0 Å². The van der Waals surface area contributed by atoms with Gasteiger partial charge >= 0.3 is 5.97 Å². The van der Waals surface area contributed by atoms with Gasteiger partial charge < -0.3 is 29.5 Å². The standard InChI is InChI=1S/C25H34N2O7/c1-5-14(3)17(13-28)27-21(22(29)26-15-7-9-16(32-4)10-8-15)25-12-11-18(34-25)19(20(25)23(27)30)24(31)33-6-2/h7-10,14,17-21,28H,5-6,11-13H2,1-4H3,(H,26,29)/t14-,17-,18-,19+,20-,21?,25?/m0/s1. The average Bonchev–Trinajstić information content (AvgIpc) is 3.48. The van der Waals surface area contributed by atoms with Crippen LogP contribution in [0.25, 0.3) is 0 Å². The number of hydrogen-bond acceptors (Lipinski definition) is 7. The highest BCUT2D eigenvalue weighted by Gasteiger charge is 2.75. The Morgan fingerprint density at radius 3 is 2.59 bits per heavy atom. The number of hydrogen-bond donors (Lipinski definition) is 2. The number of rotatable bonds is 9. The van der Waals surface area contributed by atoms with Crippen LogP contribution in [0.5, 0.6) is 5.75 Å². The van der Waals surface area contributed by atoms with Crippen LogP contribution < -0.4 is 10.1 Å². The maximum Gasteiger partial charge on any atom is 0.312 e. The molecule has 0 aliphatic carbocycles. The molecule has 7 atom stereocenters. The fourth-order valence-electron chi connectivity index (χ4n) is 5.95. The summed E-state index contributed by atoms with van der Waals surface area (Å²) in [5.41, 5.74) is -0.576. The molecular weight excluding hydrogens is 440 g/mol. The number of benzene rings is 1. The molecule has 4 rings (SSSR count). The molecule has 34 heavy (non-hydrogen) atoms. The largest absolute Gasteiger partial charge is 0.497 e. The Morgan fingerprint density at radius 1 is 1.29 bits per heavy atom. The van der Waals surface area contributed by atoms with Crippen molar-refractivity contribution < 1.29 is 33.7 Å². The molecule has 3 aliphatic heterocycles. The van der Waals surface area contributed by atoms with Gasteiger partial charge in [-0.05, 0) is 49.9 Å². The van der Waals surface area contributed by atoms with E-state index in [0.29, 0.717) is 30.7 Å². The molecule has 9 nitrogen and oxygen atoms in total. The summed E-state index contributed by atoms with van der Waals surface area (Å²) in [6.45, 7) is 5.55. The number of methoxy groups -OCH3 is 1. The Bertz CT molecular complexity index is 936. The number of aliphatic hydroxyl groups excluding tert-OH is 1. The van der Waals surface area contributed by atoms with Crippen molar-refractivity contribution in [3.8, 4) is 5.75 Å². The summed E-state index contributed by atoms with van der Waals surface area (Å²) in [5.74, 6) is -2.15. The minimum atomic E-state index is -1.13. The number of amides is 2. The molecular formula is C25H34N2O7. The van der Waals surface area contributed by atoms with Gasteiger partial charge in [-0.1, -0.05) is 20.3 Å². The lowest BCUT2D eigenvalue weighted by Crippen LogP contribution is -2.57. The van der Waals surface area contributed by atoms with Gasteiger partial charge in [-0.25, -0.2) is 0 Å². The van der Waals surface area contributed by atoms with Gasteiger partial charge in [0, 0.05) is 5.69 Å². The number of aliphatic hydroxyl groups is 1. The Balaban J connectivity index is 1.73. The van der Waals surface area contributed by atoms with Crippen molar-refractivity contribution in [3.63, 3.8) is 0 Å². The van der Waals surface area contributed by atoms with Crippen LogP contribution in [0.2, 0.25) is 0 Å². The van der Waals surface area contributed by atoms with Crippen molar-refractivity contribution in [2.75, 3.05) is 25.6 Å². The predicted octanol–water partition coefficient (Wildman–Crippen LogP) is 1.98. The molecule has 0 saturated carbocycles. The molecule has 1 aromatic carbocycles. The van der Waals surface area contributed by atoms with Gasteiger partial charge in [-0.2, -0.15) is 0 Å². The SMILES string of the molecule is CCOC(=O)[C@@H]1[C@@H]2CCC3(O2)C(C(=O)Nc2ccc(OC)cc2)N([C@@H](CO)[C@@H](C)CC)C(=O)[C@H]13. The van der Waals surface area contributed by atoms with E-state index in [1.165, 1.54) is 4.90 Å². The third-order valence-corrected chi connectivity index (χ3v) is 7.75. The van der Waals surface area contributed by atoms with E-state index in [0.717, 1.165) is 0 Å². The Labute approximate surface area is 199 Å². The van der Waals surface area contributed by atoms with Gasteiger partial charge in [-0.15, -0.1) is 0 Å². The number of ether oxygens (including phenoxy) is 3. The molecule has 3 aliphatic rings. The van der Waals surface area contributed by atoms with E-state index in [9.17, 15) is 19.5 Å². The van der Waals surface area contributed by atoms with Crippen LogP contribution >= 0.6 is 0 Å². The normalized spacial score (nSPS) is 31.2. The number of nitrogens with zero attached hydrogens (tertiary/aromatic N) is 1. The van der Waals surface area contributed by atoms with Gasteiger partial charge in [0.1, 0.15) is 17.4 Å². The summed E-state index contributed by atoms with van der Waals surface area (Å²) in [4.78, 5) is 42.0. The van der Waals surface area contributed by atoms with Gasteiger partial charge in [0.15, 0.2) is 0 Å². The fraction of sp³-hybridized carbons (Fsp3) is 0.640. The highest BCUT2D eigenvalue weighted by Crippen LogP contribution is 2.59. The van der Waals surface area contributed by atoms with Gasteiger partial charge in [0.2, 0.25) is 11.8 Å². The summed E-state index contributed by atoms with van der Waals surface area (Å²) in [5, 5.41) is 13.2. The second-order valence-corrected chi connectivity index (χ2v) is 9.41. The van der Waals surface area contributed by atoms with Crippen molar-refractivity contribution in [2.45, 2.75) is 63.8 Å². The fourth-order valence-corrected chi connectivity index (χ4v) is 5.95. The summed E-state index contributed by atoms with van der Waals surface area (Å²) >= 11 is 0. The van der Waals surface area contributed by atoms with Crippen LogP contribution in [0.15, 0.2) is 24.3 Å². The minimum absolute atomic E-state index is 0.0568. The van der Waals surface area contributed by atoms with Gasteiger partial charge in [0.05, 0.1) is 44.3 Å². The summed E-state index contributed by atoms with van der Waals surface area (Å²) < 4.78 is 16.8. The third-order valence-electron chi connectivity index (χ3n) is 7.75. The van der Waals surface area contributed by atoms with Crippen molar-refractivity contribution in [3.05, 3.63) is 24.3 Å². The molecule has 0 aromatic heterocycles. The summed E-state index contributed by atoms with van der Waals surface area (Å²) in [6.07, 6.45) is 1.31. The number of fused-ring (bicyclic) bond motifs is 1. The molecule has 3 heterocycles. The van der Waals surface area contributed by atoms with Crippen LogP contribution in [0, 0.1) is 17.8 Å². The topological polar surface area (TPSA) is 114 Å². The van der Waals surface area contributed by atoms with Gasteiger partial charge in [0.25, 0.3) is 0 Å². The number of nitrogens with one attached hydrogen (secondary N) is 1. The first-order chi connectivity index (χ1) is 16.3. The minimum Gasteiger partial charge on any atom is -0.497 e. The summed E-state index contributed by atoms with van der Waals surface area (Å²) in [6, 6.07) is 5.37. The first-order valence-electron chi connectivity index (χ1n) is 12.0. The van der Waals surface area contributed by atoms with E-state index >= 15 is 0 Å². The third kappa shape index (κ3) is 3.75. The maximum absolute atomic E-state index is 13.9. The molecule has 2 amide bonds. The Kier molecular flexibility index (Phi) is 6.87. The molecule has 186 valence electrons. The first kappa shape index (κ1) is 24.5. The molecule has 2 unspecified atom stereocenters. The zero-order valence-electron chi connectivity index (χ0n) is 20.2. The van der Waals surface area contributed by atoms with Crippen molar-refractivity contribution >= 4 is 23.5 Å². The van der Waals surface area contributed by atoms with Gasteiger partial charge in [-0.3, -0.25) is 14.4 Å². The van der Waals surface area contributed by atoms with E-state index in [1.54, 1.807) is 38.3 Å². The second kappa shape index (κ2) is 9.54. The maximum atomic E-state index is 13.9. The summed E-state index contributed by atoms with van der Waals surface area (Å²) in [7, 11) is 1.56. The van der Waals surface area contributed by atoms with Crippen LogP contribution in [-0.4, -0.2) is 71.9 Å². The molecule has 3 fully saturated rings. The lowest BCUT2D eigenvalue weighted by molar-refractivity contribution is -0.155. The number of likely N-dealkylation sites (tertiary alicyclic amines) is 1. The van der Waals surface area contributed by atoms with Crippen LogP contribution in [0.4, 0.5) is 5.69 Å². The lowest BCUT2D eigenvalue weighted by Gasteiger charge is -2.38. The Morgan fingerprint density at radius 2 is 2.00 bits per heavy atom. The molecule has 3 saturated heterocycles. The Hall–Kier alpha value is -2.65. The van der Waals surface area contributed by atoms with Crippen molar-refractivity contribution in [1.82, 2.24) is 4.90 Å². The quantitative estimate of drug-likeness (QED) is 0.526. The van der Waals surface area contributed by atoms with Crippen LogP contribution in [0.3, 0.4) is 0 Å². The van der Waals surface area contributed by atoms with E-state index in [2.05, 4.69) is 5.32 Å². The molecule has 0 radical (unpaired) electrons. The molecule has 9 heteroatoms. The smallest absolute Gasteiger partial charge is 0.312 e. The molecule has 1 aromatic rings. The van der Waals surface area contributed by atoms with E-state index in [4.69, 9.17) is 14.2 Å². The molecule has 2 N–H and O–H groups in total. The van der Waals surface area contributed by atoms with Crippen LogP contribution in [0.1, 0.15) is 40.0 Å². The van der Waals surface area contributed by atoms with Crippen LogP contribution in [-0.2, 0) is 23.9 Å². The number of anilines is 1. The monoisotopic (exact) mass is 474 g/mol. The number of carbonyl (C=O) groups excluding carboxylic acids is 3. The zero-order valence-corrected chi connectivity index (χ0v) is 20.2. The van der Waals surface area contributed by atoms with Crippen molar-refractivity contribution in [2.24, 2.45) is 17.8 Å². The first-order valence-corrected chi connectivity index (χ1v) is 12.0. The van der Waals surface area contributed by atoms with E-state index in [1.807, 2.05) is 13.8 Å². The molecule has 1 spiro atoms. The highest BCUT2D eigenvalue weighted by atomic mass is 16.6. The van der Waals surface area contributed by atoms with E-state index < -0.39 is 47.5 Å². The number of esters is 1. The highest BCUT2D eigenvalue weighted by molar-refractivity contribution is 6.03. The second-order valence-electron chi connectivity index (χ2n) is 9.41. The van der Waals surface area contributed by atoms with E-state index in [-0.39, 0.29) is 25.0 Å². The molecule has 2 bridgehead atoms. The number of carbonyl (C=O) groups is 3. The lowest BCUT2D eigenvalue weighted by atomic mass is 9.70. The zero-order chi connectivity index (χ0) is 24.6. The predicted molar refractivity (Wildman–Crippen MR) is 123 cm³/mol. The average molecular weight is 475 g/mol.